The highest BCUT2D eigenvalue weighted by Gasteiger charge is 2.44. The van der Waals surface area contributed by atoms with Crippen LogP contribution in [0.4, 0.5) is 5.69 Å². The molecule has 3 amide bonds. The van der Waals surface area contributed by atoms with Crippen LogP contribution in [-0.4, -0.2) is 30.3 Å². The van der Waals surface area contributed by atoms with Crippen LogP contribution in [0.5, 0.6) is 0 Å². The Hall–Kier alpha value is -3.67. The Balaban J connectivity index is 1.59. The maximum atomic E-state index is 12.9. The van der Waals surface area contributed by atoms with Crippen molar-refractivity contribution in [2.75, 3.05) is 11.4 Å². The van der Waals surface area contributed by atoms with Crippen molar-refractivity contribution in [2.24, 2.45) is 11.7 Å². The second-order valence-electron chi connectivity index (χ2n) is 6.81. The molecule has 28 heavy (non-hydrogen) atoms. The zero-order valence-electron chi connectivity index (χ0n) is 15.0. The molecular formula is C22H19N3O3. The summed E-state index contributed by atoms with van der Waals surface area (Å²) in [5.74, 6) is -2.16. The minimum absolute atomic E-state index is 0.140. The SMILES string of the molecule is NC(=O)[C@@H]1CN(c2ccccc2)C(=O)[C@@H]1NC(=O)c1ccc2ccccc2c1. The van der Waals surface area contributed by atoms with Gasteiger partial charge in [-0.05, 0) is 35.0 Å². The summed E-state index contributed by atoms with van der Waals surface area (Å²) in [7, 11) is 0. The minimum Gasteiger partial charge on any atom is -0.369 e. The third-order valence-corrected chi connectivity index (χ3v) is 5.05. The molecule has 0 radical (unpaired) electrons. The van der Waals surface area contributed by atoms with Gasteiger partial charge in [-0.15, -0.1) is 0 Å². The van der Waals surface area contributed by atoms with Crippen LogP contribution in [0.2, 0.25) is 0 Å². The summed E-state index contributed by atoms with van der Waals surface area (Å²) in [6.07, 6.45) is 0. The Kier molecular flexibility index (Phi) is 4.53. The van der Waals surface area contributed by atoms with E-state index >= 15 is 0 Å². The molecule has 3 aromatic rings. The van der Waals surface area contributed by atoms with Crippen LogP contribution >= 0.6 is 0 Å². The van der Waals surface area contributed by atoms with Gasteiger partial charge >= 0.3 is 0 Å². The van der Waals surface area contributed by atoms with Gasteiger partial charge in [-0.25, -0.2) is 0 Å². The number of fused-ring (bicyclic) bond motifs is 1. The first-order valence-electron chi connectivity index (χ1n) is 9.00. The molecule has 0 aliphatic carbocycles. The predicted octanol–water partition coefficient (Wildman–Crippen LogP) is 2.09. The lowest BCUT2D eigenvalue weighted by Gasteiger charge is -2.17. The molecule has 1 heterocycles. The molecule has 4 rings (SSSR count). The van der Waals surface area contributed by atoms with Crippen LogP contribution in [-0.2, 0) is 9.59 Å². The number of nitrogens with two attached hydrogens (primary N) is 1. The summed E-state index contributed by atoms with van der Waals surface area (Å²) >= 11 is 0. The van der Waals surface area contributed by atoms with E-state index in [0.717, 1.165) is 10.8 Å². The normalized spacial score (nSPS) is 19.0. The predicted molar refractivity (Wildman–Crippen MR) is 107 cm³/mol. The second kappa shape index (κ2) is 7.15. The summed E-state index contributed by atoms with van der Waals surface area (Å²) in [5.41, 5.74) is 6.60. The van der Waals surface area contributed by atoms with Crippen molar-refractivity contribution in [3.63, 3.8) is 0 Å². The van der Waals surface area contributed by atoms with E-state index in [1.54, 1.807) is 24.3 Å². The zero-order chi connectivity index (χ0) is 19.7. The van der Waals surface area contributed by atoms with E-state index < -0.39 is 23.8 Å². The quantitative estimate of drug-likeness (QED) is 0.733. The molecule has 6 nitrogen and oxygen atoms in total. The van der Waals surface area contributed by atoms with Gasteiger partial charge < -0.3 is 16.0 Å². The lowest BCUT2D eigenvalue weighted by atomic mass is 10.0. The number of nitrogens with zero attached hydrogens (tertiary/aromatic N) is 1. The fourth-order valence-corrected chi connectivity index (χ4v) is 3.54. The number of anilines is 1. The number of para-hydroxylation sites is 1. The van der Waals surface area contributed by atoms with Crippen molar-refractivity contribution in [3.05, 3.63) is 78.4 Å². The number of hydrogen-bond acceptors (Lipinski definition) is 3. The molecule has 1 saturated heterocycles. The third kappa shape index (κ3) is 3.20. The van der Waals surface area contributed by atoms with Crippen LogP contribution in [0.15, 0.2) is 72.8 Å². The molecule has 6 heteroatoms. The average molecular weight is 373 g/mol. The van der Waals surface area contributed by atoms with Crippen molar-refractivity contribution in [1.82, 2.24) is 5.32 Å². The molecule has 1 aliphatic heterocycles. The van der Waals surface area contributed by atoms with Crippen LogP contribution in [0.25, 0.3) is 10.8 Å². The Morgan fingerprint density at radius 1 is 0.929 bits per heavy atom. The molecule has 0 bridgehead atoms. The number of nitrogens with one attached hydrogen (secondary N) is 1. The smallest absolute Gasteiger partial charge is 0.251 e. The number of amides is 3. The highest BCUT2D eigenvalue weighted by molar-refractivity contribution is 6.08. The second-order valence-corrected chi connectivity index (χ2v) is 6.81. The molecule has 0 unspecified atom stereocenters. The van der Waals surface area contributed by atoms with E-state index in [9.17, 15) is 14.4 Å². The summed E-state index contributed by atoms with van der Waals surface area (Å²) in [4.78, 5) is 39.1. The van der Waals surface area contributed by atoms with Crippen LogP contribution in [0, 0.1) is 5.92 Å². The summed E-state index contributed by atoms with van der Waals surface area (Å²) in [6, 6.07) is 21.0. The van der Waals surface area contributed by atoms with E-state index in [1.807, 2.05) is 48.5 Å². The van der Waals surface area contributed by atoms with Crippen molar-refractivity contribution < 1.29 is 14.4 Å². The Morgan fingerprint density at radius 2 is 1.61 bits per heavy atom. The van der Waals surface area contributed by atoms with E-state index in [1.165, 1.54) is 4.90 Å². The van der Waals surface area contributed by atoms with Gasteiger partial charge in [0.2, 0.25) is 11.8 Å². The van der Waals surface area contributed by atoms with E-state index in [2.05, 4.69) is 5.32 Å². The van der Waals surface area contributed by atoms with Gasteiger partial charge in [-0.3, -0.25) is 14.4 Å². The molecule has 2 atom stereocenters. The van der Waals surface area contributed by atoms with Gasteiger partial charge in [0.1, 0.15) is 6.04 Å². The number of hydrogen-bond donors (Lipinski definition) is 2. The molecule has 3 N–H and O–H groups in total. The molecule has 0 saturated carbocycles. The number of carbonyl (C=O) groups is 3. The first-order chi connectivity index (χ1) is 13.5. The first kappa shape index (κ1) is 17.7. The maximum absolute atomic E-state index is 12.9. The summed E-state index contributed by atoms with van der Waals surface area (Å²) < 4.78 is 0. The molecule has 1 fully saturated rings. The van der Waals surface area contributed by atoms with Crippen LogP contribution in [0.3, 0.4) is 0 Å². The maximum Gasteiger partial charge on any atom is 0.251 e. The fraction of sp³-hybridized carbons (Fsp3) is 0.136. The first-order valence-corrected chi connectivity index (χ1v) is 9.00. The fourth-order valence-electron chi connectivity index (χ4n) is 3.54. The van der Waals surface area contributed by atoms with E-state index in [0.29, 0.717) is 11.3 Å². The largest absolute Gasteiger partial charge is 0.369 e. The Bertz CT molecular complexity index is 1060. The van der Waals surface area contributed by atoms with Crippen molar-refractivity contribution >= 4 is 34.2 Å². The number of carbonyl (C=O) groups excluding carboxylic acids is 3. The minimum atomic E-state index is -0.989. The Labute approximate surface area is 161 Å². The van der Waals surface area contributed by atoms with Gasteiger partial charge in [0, 0.05) is 17.8 Å². The summed E-state index contributed by atoms with van der Waals surface area (Å²) in [6.45, 7) is 0.140. The highest BCUT2D eigenvalue weighted by atomic mass is 16.2. The lowest BCUT2D eigenvalue weighted by molar-refractivity contribution is -0.125. The van der Waals surface area contributed by atoms with Crippen molar-refractivity contribution in [2.45, 2.75) is 6.04 Å². The molecule has 0 spiro atoms. The number of rotatable bonds is 4. The molecule has 3 aromatic carbocycles. The van der Waals surface area contributed by atoms with E-state index in [-0.39, 0.29) is 12.5 Å². The van der Waals surface area contributed by atoms with E-state index in [4.69, 9.17) is 5.73 Å². The molecule has 0 aromatic heterocycles. The van der Waals surface area contributed by atoms with Gasteiger partial charge in [0.05, 0.1) is 5.92 Å². The van der Waals surface area contributed by atoms with Gasteiger partial charge in [-0.1, -0.05) is 48.5 Å². The standard InChI is InChI=1S/C22H19N3O3/c23-20(26)18-13-25(17-8-2-1-3-9-17)22(28)19(18)24-21(27)16-11-10-14-6-4-5-7-15(14)12-16/h1-12,18-19H,13H2,(H2,23,26)(H,24,27)/t18-,19-/m1/s1. The molecular weight excluding hydrogens is 354 g/mol. The average Bonchev–Trinajstić information content (AvgIpc) is 3.05. The zero-order valence-corrected chi connectivity index (χ0v) is 15.0. The van der Waals surface area contributed by atoms with Crippen molar-refractivity contribution in [3.8, 4) is 0 Å². The van der Waals surface area contributed by atoms with Crippen LogP contribution < -0.4 is 16.0 Å². The molecule has 140 valence electrons. The van der Waals surface area contributed by atoms with Crippen LogP contribution in [0.1, 0.15) is 10.4 Å². The van der Waals surface area contributed by atoms with Gasteiger partial charge in [-0.2, -0.15) is 0 Å². The monoisotopic (exact) mass is 373 g/mol. The third-order valence-electron chi connectivity index (χ3n) is 5.05. The topological polar surface area (TPSA) is 92.5 Å². The van der Waals surface area contributed by atoms with Gasteiger partial charge in [0.25, 0.3) is 5.91 Å². The molecule has 1 aliphatic rings. The highest BCUT2D eigenvalue weighted by Crippen LogP contribution is 2.26. The number of primary amides is 1. The van der Waals surface area contributed by atoms with Crippen molar-refractivity contribution in [1.29, 1.82) is 0 Å². The lowest BCUT2D eigenvalue weighted by Crippen LogP contribution is -2.47. The summed E-state index contributed by atoms with van der Waals surface area (Å²) in [5, 5.41) is 4.65. The number of benzene rings is 3. The Morgan fingerprint density at radius 3 is 2.32 bits per heavy atom. The van der Waals surface area contributed by atoms with Gasteiger partial charge in [0.15, 0.2) is 0 Å².